The van der Waals surface area contributed by atoms with Crippen LogP contribution in [-0.4, -0.2) is 37.2 Å². The second-order valence-electron chi connectivity index (χ2n) is 6.60. The Labute approximate surface area is 184 Å². The summed E-state index contributed by atoms with van der Waals surface area (Å²) in [6, 6.07) is 10.1. The highest BCUT2D eigenvalue weighted by Gasteiger charge is 2.21. The molecule has 152 valence electrons. The summed E-state index contributed by atoms with van der Waals surface area (Å²) in [7, 11) is 1.70. The summed E-state index contributed by atoms with van der Waals surface area (Å²) in [5.74, 6) is 2.59. The SMILES string of the molecule is CCNC(=NCc1cc2c(cc1OC)CC(C)O2)NCCc1ccccn1.I. The van der Waals surface area contributed by atoms with E-state index in [1.807, 2.05) is 24.4 Å². The summed E-state index contributed by atoms with van der Waals surface area (Å²) >= 11 is 0. The number of guanidine groups is 1. The van der Waals surface area contributed by atoms with Crippen LogP contribution in [0.1, 0.15) is 30.7 Å². The van der Waals surface area contributed by atoms with E-state index in [2.05, 4.69) is 41.6 Å². The fourth-order valence-electron chi connectivity index (χ4n) is 3.16. The number of halogens is 1. The molecule has 0 bridgehead atoms. The summed E-state index contributed by atoms with van der Waals surface area (Å²) in [6.45, 7) is 6.23. The Kier molecular flexibility index (Phi) is 8.82. The van der Waals surface area contributed by atoms with E-state index < -0.39 is 0 Å². The predicted octanol–water partition coefficient (Wildman–Crippen LogP) is 3.33. The van der Waals surface area contributed by atoms with Gasteiger partial charge in [-0.1, -0.05) is 6.07 Å². The van der Waals surface area contributed by atoms with Crippen LogP contribution in [0, 0.1) is 0 Å². The lowest BCUT2D eigenvalue weighted by molar-refractivity contribution is 0.254. The molecule has 0 fully saturated rings. The standard InChI is InChI=1S/C21H28N4O2.HI/c1-4-22-21(24-10-8-18-7-5-6-9-23-18)25-14-17-13-20-16(11-15(2)27-20)12-19(17)26-3;/h5-7,9,12-13,15H,4,8,10-11,14H2,1-3H3,(H2,22,24,25);1H. The number of aliphatic imine (C=N–C) groups is 1. The van der Waals surface area contributed by atoms with Crippen LogP contribution in [-0.2, 0) is 19.4 Å². The van der Waals surface area contributed by atoms with E-state index in [4.69, 9.17) is 14.5 Å². The summed E-state index contributed by atoms with van der Waals surface area (Å²) in [4.78, 5) is 9.05. The Morgan fingerprint density at radius 2 is 2.18 bits per heavy atom. The molecule has 0 saturated heterocycles. The molecule has 1 unspecified atom stereocenters. The van der Waals surface area contributed by atoms with Crippen LogP contribution in [0.3, 0.4) is 0 Å². The van der Waals surface area contributed by atoms with Crippen LogP contribution in [0.4, 0.5) is 0 Å². The molecule has 0 spiro atoms. The number of pyridine rings is 1. The van der Waals surface area contributed by atoms with E-state index in [-0.39, 0.29) is 30.1 Å². The third-order valence-corrected chi connectivity index (χ3v) is 4.45. The molecule has 1 aliphatic heterocycles. The van der Waals surface area contributed by atoms with Gasteiger partial charge in [-0.25, -0.2) is 4.99 Å². The smallest absolute Gasteiger partial charge is 0.191 e. The Morgan fingerprint density at radius 3 is 2.89 bits per heavy atom. The number of benzene rings is 1. The largest absolute Gasteiger partial charge is 0.496 e. The van der Waals surface area contributed by atoms with Crippen molar-refractivity contribution in [1.82, 2.24) is 15.6 Å². The topological polar surface area (TPSA) is 67.8 Å². The summed E-state index contributed by atoms with van der Waals surface area (Å²) in [5.41, 5.74) is 3.28. The average Bonchev–Trinajstić information content (AvgIpc) is 3.05. The van der Waals surface area contributed by atoms with Gasteiger partial charge in [0, 0.05) is 48.9 Å². The first kappa shape index (κ1) is 22.3. The number of hydrogen-bond acceptors (Lipinski definition) is 4. The molecule has 2 aromatic rings. The fraction of sp³-hybridized carbons (Fsp3) is 0.429. The number of methoxy groups -OCH3 is 1. The van der Waals surface area contributed by atoms with Crippen LogP contribution in [0.2, 0.25) is 0 Å². The minimum atomic E-state index is 0. The van der Waals surface area contributed by atoms with E-state index in [0.717, 1.165) is 54.6 Å². The molecule has 0 amide bonds. The first-order valence-corrected chi connectivity index (χ1v) is 9.48. The zero-order chi connectivity index (χ0) is 19.1. The van der Waals surface area contributed by atoms with Crippen molar-refractivity contribution in [2.45, 2.75) is 39.3 Å². The van der Waals surface area contributed by atoms with E-state index in [0.29, 0.717) is 6.54 Å². The molecule has 0 radical (unpaired) electrons. The van der Waals surface area contributed by atoms with Crippen molar-refractivity contribution in [3.63, 3.8) is 0 Å². The molecule has 1 atom stereocenters. The number of nitrogens with zero attached hydrogens (tertiary/aromatic N) is 2. The van der Waals surface area contributed by atoms with Gasteiger partial charge in [0.05, 0.1) is 13.7 Å². The van der Waals surface area contributed by atoms with Crippen LogP contribution < -0.4 is 20.1 Å². The third-order valence-electron chi connectivity index (χ3n) is 4.45. The third kappa shape index (κ3) is 5.98. The van der Waals surface area contributed by atoms with Gasteiger partial charge in [0.2, 0.25) is 0 Å². The molecular weight excluding hydrogens is 467 g/mol. The van der Waals surface area contributed by atoms with Crippen molar-refractivity contribution in [2.24, 2.45) is 4.99 Å². The van der Waals surface area contributed by atoms with Crippen molar-refractivity contribution < 1.29 is 9.47 Å². The van der Waals surface area contributed by atoms with Crippen molar-refractivity contribution >= 4 is 29.9 Å². The molecular formula is C21H29IN4O2. The molecule has 2 heterocycles. The van der Waals surface area contributed by atoms with Crippen LogP contribution >= 0.6 is 24.0 Å². The predicted molar refractivity (Wildman–Crippen MR) is 123 cm³/mol. The maximum atomic E-state index is 5.87. The zero-order valence-corrected chi connectivity index (χ0v) is 19.0. The lowest BCUT2D eigenvalue weighted by atomic mass is 10.1. The second-order valence-corrected chi connectivity index (χ2v) is 6.60. The normalized spacial score (nSPS) is 15.2. The molecule has 1 aromatic carbocycles. The summed E-state index contributed by atoms with van der Waals surface area (Å²) in [5, 5.41) is 6.65. The number of rotatable bonds is 7. The van der Waals surface area contributed by atoms with Gasteiger partial charge in [-0.15, -0.1) is 24.0 Å². The molecule has 6 nitrogen and oxygen atoms in total. The van der Waals surface area contributed by atoms with E-state index in [1.54, 1.807) is 7.11 Å². The summed E-state index contributed by atoms with van der Waals surface area (Å²) in [6.07, 6.45) is 3.80. The minimum Gasteiger partial charge on any atom is -0.496 e. The van der Waals surface area contributed by atoms with Gasteiger partial charge in [-0.2, -0.15) is 0 Å². The highest BCUT2D eigenvalue weighted by molar-refractivity contribution is 14.0. The maximum Gasteiger partial charge on any atom is 0.191 e. The molecule has 7 heteroatoms. The van der Waals surface area contributed by atoms with Crippen LogP contribution in [0.15, 0.2) is 41.5 Å². The number of nitrogens with one attached hydrogen (secondary N) is 2. The van der Waals surface area contributed by atoms with E-state index in [9.17, 15) is 0 Å². The fourth-order valence-corrected chi connectivity index (χ4v) is 3.16. The first-order valence-electron chi connectivity index (χ1n) is 9.48. The van der Waals surface area contributed by atoms with Crippen molar-refractivity contribution in [1.29, 1.82) is 0 Å². The van der Waals surface area contributed by atoms with Gasteiger partial charge >= 0.3 is 0 Å². The van der Waals surface area contributed by atoms with Gasteiger partial charge in [-0.3, -0.25) is 4.98 Å². The van der Waals surface area contributed by atoms with Gasteiger partial charge in [-0.05, 0) is 38.1 Å². The van der Waals surface area contributed by atoms with Gasteiger partial charge < -0.3 is 20.1 Å². The molecule has 28 heavy (non-hydrogen) atoms. The van der Waals surface area contributed by atoms with E-state index in [1.165, 1.54) is 5.56 Å². The Morgan fingerprint density at radius 1 is 1.32 bits per heavy atom. The maximum absolute atomic E-state index is 5.87. The van der Waals surface area contributed by atoms with Crippen molar-refractivity contribution in [2.75, 3.05) is 20.2 Å². The van der Waals surface area contributed by atoms with Gasteiger partial charge in [0.25, 0.3) is 0 Å². The second kappa shape index (κ2) is 11.1. The lowest BCUT2D eigenvalue weighted by Crippen LogP contribution is -2.38. The lowest BCUT2D eigenvalue weighted by Gasteiger charge is -2.13. The Bertz CT molecular complexity index is 783. The number of fused-ring (bicyclic) bond motifs is 1. The molecule has 3 rings (SSSR count). The Balaban J connectivity index is 0.00000280. The highest BCUT2D eigenvalue weighted by atomic mass is 127. The van der Waals surface area contributed by atoms with Crippen LogP contribution in [0.5, 0.6) is 11.5 Å². The molecule has 2 N–H and O–H groups in total. The minimum absolute atomic E-state index is 0. The zero-order valence-electron chi connectivity index (χ0n) is 16.7. The van der Waals surface area contributed by atoms with Crippen molar-refractivity contribution in [3.8, 4) is 11.5 Å². The Hall–Kier alpha value is -2.03. The quantitative estimate of drug-likeness (QED) is 0.350. The summed E-state index contributed by atoms with van der Waals surface area (Å²) < 4.78 is 11.4. The molecule has 1 aliphatic rings. The first-order chi connectivity index (χ1) is 13.2. The highest BCUT2D eigenvalue weighted by Crippen LogP contribution is 2.35. The number of ether oxygens (including phenoxy) is 2. The monoisotopic (exact) mass is 496 g/mol. The molecule has 1 aromatic heterocycles. The number of hydrogen-bond donors (Lipinski definition) is 2. The van der Waals surface area contributed by atoms with Gasteiger partial charge in [0.1, 0.15) is 17.6 Å². The average molecular weight is 496 g/mol. The molecule has 0 aliphatic carbocycles. The molecule has 0 saturated carbocycles. The van der Waals surface area contributed by atoms with Gasteiger partial charge in [0.15, 0.2) is 5.96 Å². The number of aromatic nitrogens is 1. The van der Waals surface area contributed by atoms with E-state index >= 15 is 0 Å². The van der Waals surface area contributed by atoms with Crippen molar-refractivity contribution in [3.05, 3.63) is 53.3 Å². The van der Waals surface area contributed by atoms with Crippen LogP contribution in [0.25, 0.3) is 0 Å².